The lowest BCUT2D eigenvalue weighted by Crippen LogP contribution is -2.33. The number of fused-ring (bicyclic) bond motifs is 1. The fourth-order valence-electron chi connectivity index (χ4n) is 4.24. The van der Waals surface area contributed by atoms with E-state index >= 15 is 0 Å². The predicted octanol–water partition coefficient (Wildman–Crippen LogP) is 3.75. The van der Waals surface area contributed by atoms with Gasteiger partial charge in [-0.25, -0.2) is 9.97 Å². The van der Waals surface area contributed by atoms with Gasteiger partial charge < -0.3 is 14.4 Å². The van der Waals surface area contributed by atoms with E-state index in [0.717, 1.165) is 25.5 Å². The van der Waals surface area contributed by atoms with Crippen molar-refractivity contribution >= 4 is 11.0 Å². The lowest BCUT2D eigenvalue weighted by atomic mass is 10.1. The number of likely N-dealkylation sites (tertiary alicyclic amines) is 1. The molecule has 0 spiro atoms. The summed E-state index contributed by atoms with van der Waals surface area (Å²) in [4.78, 5) is 10.5. The lowest BCUT2D eigenvalue weighted by molar-refractivity contribution is -0.138. The van der Waals surface area contributed by atoms with Gasteiger partial charge in [0.15, 0.2) is 5.69 Å². The van der Waals surface area contributed by atoms with E-state index in [9.17, 15) is 23.5 Å². The Morgan fingerprint density at radius 2 is 2.12 bits per heavy atom. The third kappa shape index (κ3) is 4.79. The van der Waals surface area contributed by atoms with Crippen molar-refractivity contribution in [3.63, 3.8) is 0 Å². The van der Waals surface area contributed by atoms with E-state index in [1.807, 2.05) is 6.07 Å². The van der Waals surface area contributed by atoms with E-state index in [0.29, 0.717) is 24.0 Å². The fraction of sp³-hybridized carbons (Fsp3) is 0.435. The number of ether oxygens (including phenoxy) is 1. The maximum atomic E-state index is 13.8. The van der Waals surface area contributed by atoms with Crippen LogP contribution in [0.2, 0.25) is 0 Å². The van der Waals surface area contributed by atoms with Gasteiger partial charge in [0.05, 0.1) is 36.3 Å². The van der Waals surface area contributed by atoms with Crippen molar-refractivity contribution in [2.75, 3.05) is 26.3 Å². The SMILES string of the molecule is Cn1cnc2c(C#N)nc(-c3ccc(OCCCN4CCCC4CO)c(C(F)(F)F)c3)cc21. The van der Waals surface area contributed by atoms with Gasteiger partial charge in [-0.1, -0.05) is 0 Å². The second-order valence-corrected chi connectivity index (χ2v) is 8.12. The number of halogens is 3. The van der Waals surface area contributed by atoms with Crippen molar-refractivity contribution < 1.29 is 23.0 Å². The lowest BCUT2D eigenvalue weighted by Gasteiger charge is -2.22. The first-order valence-corrected chi connectivity index (χ1v) is 10.7. The molecule has 33 heavy (non-hydrogen) atoms. The number of aromatic nitrogens is 3. The molecule has 1 aromatic carbocycles. The van der Waals surface area contributed by atoms with Crippen LogP contribution in [-0.4, -0.2) is 56.9 Å². The quantitative estimate of drug-likeness (QED) is 0.542. The summed E-state index contributed by atoms with van der Waals surface area (Å²) < 4.78 is 48.6. The molecule has 1 unspecified atom stereocenters. The van der Waals surface area contributed by atoms with Crippen LogP contribution in [0.1, 0.15) is 30.5 Å². The standard InChI is InChI=1S/C23H24F3N5O2/c1-30-14-28-22-19(12-27)29-18(11-20(22)30)15-5-6-21(17(10-15)23(24,25)26)33-9-3-8-31-7-2-4-16(31)13-32/h5-6,10-11,14,16,32H,2-4,7-9,13H2,1H3. The number of pyridine rings is 1. The third-order valence-electron chi connectivity index (χ3n) is 5.96. The van der Waals surface area contributed by atoms with Crippen molar-refractivity contribution in [3.8, 4) is 23.1 Å². The molecular formula is C23H24F3N5O2. The molecule has 1 aliphatic rings. The first-order chi connectivity index (χ1) is 15.8. The van der Waals surface area contributed by atoms with Gasteiger partial charge >= 0.3 is 6.18 Å². The highest BCUT2D eigenvalue weighted by Crippen LogP contribution is 2.39. The maximum Gasteiger partial charge on any atom is 0.419 e. The number of imidazole rings is 1. The molecule has 2 aromatic heterocycles. The molecule has 1 N–H and O–H groups in total. The molecule has 3 heterocycles. The van der Waals surface area contributed by atoms with Gasteiger partial charge in [-0.05, 0) is 50.1 Å². The molecule has 1 atom stereocenters. The molecule has 0 amide bonds. The number of nitrogens with zero attached hydrogens (tertiary/aromatic N) is 5. The molecule has 174 valence electrons. The summed E-state index contributed by atoms with van der Waals surface area (Å²) in [5, 5.41) is 18.8. The van der Waals surface area contributed by atoms with E-state index in [1.54, 1.807) is 17.7 Å². The predicted molar refractivity (Wildman–Crippen MR) is 115 cm³/mol. The first-order valence-electron chi connectivity index (χ1n) is 10.7. The molecule has 0 saturated carbocycles. The molecule has 4 rings (SSSR count). The Morgan fingerprint density at radius 3 is 2.85 bits per heavy atom. The highest BCUT2D eigenvalue weighted by Gasteiger charge is 2.35. The van der Waals surface area contributed by atoms with Crippen molar-refractivity contribution in [1.29, 1.82) is 5.26 Å². The Hall–Kier alpha value is -3.16. The highest BCUT2D eigenvalue weighted by atomic mass is 19.4. The van der Waals surface area contributed by atoms with Gasteiger partial charge in [-0.15, -0.1) is 0 Å². The summed E-state index contributed by atoms with van der Waals surface area (Å²) in [6.45, 7) is 1.77. The van der Waals surface area contributed by atoms with E-state index < -0.39 is 11.7 Å². The zero-order valence-electron chi connectivity index (χ0n) is 18.1. The molecule has 10 heteroatoms. The van der Waals surface area contributed by atoms with Crippen LogP contribution >= 0.6 is 0 Å². The van der Waals surface area contributed by atoms with Crippen LogP contribution in [0, 0.1) is 11.3 Å². The van der Waals surface area contributed by atoms with Gasteiger partial charge in [-0.2, -0.15) is 18.4 Å². The number of hydrogen-bond acceptors (Lipinski definition) is 6. The molecule has 0 radical (unpaired) electrons. The summed E-state index contributed by atoms with van der Waals surface area (Å²) in [6.07, 6.45) is -0.585. The average molecular weight is 459 g/mol. The normalized spacial score (nSPS) is 16.9. The number of rotatable bonds is 7. The molecule has 0 aliphatic carbocycles. The van der Waals surface area contributed by atoms with Crippen molar-refractivity contribution in [1.82, 2.24) is 19.4 Å². The highest BCUT2D eigenvalue weighted by molar-refractivity contribution is 5.84. The van der Waals surface area contributed by atoms with Gasteiger partial charge in [0, 0.05) is 25.2 Å². The monoisotopic (exact) mass is 459 g/mol. The minimum Gasteiger partial charge on any atom is -0.493 e. The number of aryl methyl sites for hydroxylation is 1. The Morgan fingerprint density at radius 1 is 1.30 bits per heavy atom. The number of benzene rings is 1. The molecular weight excluding hydrogens is 435 g/mol. The van der Waals surface area contributed by atoms with Crippen molar-refractivity contribution in [3.05, 3.63) is 41.9 Å². The number of aliphatic hydroxyl groups excluding tert-OH is 1. The summed E-state index contributed by atoms with van der Waals surface area (Å²) in [7, 11) is 1.74. The minimum absolute atomic E-state index is 0.0556. The van der Waals surface area contributed by atoms with Crippen LogP contribution in [0.5, 0.6) is 5.75 Å². The zero-order chi connectivity index (χ0) is 23.6. The third-order valence-corrected chi connectivity index (χ3v) is 5.96. The first kappa shape index (κ1) is 23.0. The summed E-state index contributed by atoms with van der Waals surface area (Å²) in [5.74, 6) is -0.242. The van der Waals surface area contributed by atoms with Crippen LogP contribution in [0.3, 0.4) is 0 Å². The summed E-state index contributed by atoms with van der Waals surface area (Å²) in [5.41, 5.74) is 0.663. The topological polar surface area (TPSA) is 87.2 Å². The van der Waals surface area contributed by atoms with Gasteiger partial charge in [-0.3, -0.25) is 4.90 Å². The molecule has 1 saturated heterocycles. The Kier molecular flexibility index (Phi) is 6.54. The van der Waals surface area contributed by atoms with Gasteiger partial charge in [0.2, 0.25) is 0 Å². The fourth-order valence-corrected chi connectivity index (χ4v) is 4.24. The summed E-state index contributed by atoms with van der Waals surface area (Å²) >= 11 is 0. The van der Waals surface area contributed by atoms with Crippen LogP contribution in [0.15, 0.2) is 30.6 Å². The second kappa shape index (κ2) is 9.37. The smallest absolute Gasteiger partial charge is 0.419 e. The van der Waals surface area contributed by atoms with Crippen LogP contribution in [0.4, 0.5) is 13.2 Å². The average Bonchev–Trinajstić information content (AvgIpc) is 3.41. The minimum atomic E-state index is -4.61. The number of hydrogen-bond donors (Lipinski definition) is 1. The molecule has 0 bridgehead atoms. The summed E-state index contributed by atoms with van der Waals surface area (Å²) in [6, 6.07) is 7.51. The number of alkyl halides is 3. The maximum absolute atomic E-state index is 13.8. The van der Waals surface area contributed by atoms with Crippen LogP contribution in [0.25, 0.3) is 22.3 Å². The van der Waals surface area contributed by atoms with E-state index in [2.05, 4.69) is 14.9 Å². The van der Waals surface area contributed by atoms with E-state index in [1.165, 1.54) is 18.5 Å². The van der Waals surface area contributed by atoms with Gasteiger partial charge in [0.1, 0.15) is 17.3 Å². The molecule has 3 aromatic rings. The number of nitriles is 1. The zero-order valence-corrected chi connectivity index (χ0v) is 18.1. The molecule has 7 nitrogen and oxygen atoms in total. The Labute approximate surface area is 189 Å². The van der Waals surface area contributed by atoms with Crippen molar-refractivity contribution in [2.45, 2.75) is 31.5 Å². The Balaban J connectivity index is 1.56. The largest absolute Gasteiger partial charge is 0.493 e. The Bertz CT molecular complexity index is 1190. The van der Waals surface area contributed by atoms with E-state index in [4.69, 9.17) is 4.74 Å². The molecule has 1 fully saturated rings. The second-order valence-electron chi connectivity index (χ2n) is 8.12. The van der Waals surface area contributed by atoms with Crippen LogP contribution in [-0.2, 0) is 13.2 Å². The van der Waals surface area contributed by atoms with E-state index in [-0.39, 0.29) is 42.0 Å². The number of aliphatic hydroxyl groups is 1. The van der Waals surface area contributed by atoms with Crippen LogP contribution < -0.4 is 4.74 Å². The van der Waals surface area contributed by atoms with Crippen molar-refractivity contribution in [2.24, 2.45) is 7.05 Å². The van der Waals surface area contributed by atoms with Gasteiger partial charge in [0.25, 0.3) is 0 Å². The molecule has 1 aliphatic heterocycles.